The summed E-state index contributed by atoms with van der Waals surface area (Å²) in [6.07, 6.45) is 1.15. The molecule has 0 radical (unpaired) electrons. The van der Waals surface area contributed by atoms with Gasteiger partial charge in [-0.25, -0.2) is 4.79 Å². The number of carboxylic acid groups (broad SMARTS) is 1. The Labute approximate surface area is 121 Å². The number of rotatable bonds is 8. The molecule has 1 aromatic heterocycles. The van der Waals surface area contributed by atoms with Gasteiger partial charge in [0.2, 0.25) is 17.7 Å². The van der Waals surface area contributed by atoms with Crippen molar-refractivity contribution in [3.05, 3.63) is 6.07 Å². The summed E-state index contributed by atoms with van der Waals surface area (Å²) in [5.41, 5.74) is 0. The zero-order valence-corrected chi connectivity index (χ0v) is 11.9. The maximum absolute atomic E-state index is 11.6. The number of ether oxygens (including phenoxy) is 2. The highest BCUT2D eigenvalue weighted by Crippen LogP contribution is 2.16. The van der Waals surface area contributed by atoms with E-state index in [4.69, 9.17) is 14.6 Å². The van der Waals surface area contributed by atoms with Gasteiger partial charge in [-0.2, -0.15) is 9.97 Å². The molecule has 0 aromatic carbocycles. The lowest BCUT2D eigenvalue weighted by molar-refractivity contribution is -0.137. The average Bonchev–Trinajstić information content (AvgIpc) is 2.46. The molecule has 2 amide bonds. The first kappa shape index (κ1) is 16.5. The number of methoxy groups -OCH3 is 2. The van der Waals surface area contributed by atoms with Crippen LogP contribution in [-0.4, -0.2) is 47.8 Å². The Hall–Kier alpha value is -2.58. The quantitative estimate of drug-likeness (QED) is 0.608. The summed E-state index contributed by atoms with van der Waals surface area (Å²) in [5, 5.41) is 13.5. The highest BCUT2D eigenvalue weighted by molar-refractivity contribution is 5.87. The van der Waals surface area contributed by atoms with Crippen LogP contribution in [-0.2, 0) is 4.79 Å². The van der Waals surface area contributed by atoms with Crippen LogP contribution < -0.4 is 20.1 Å². The molecular formula is C12H18N4O5. The van der Waals surface area contributed by atoms with E-state index in [-0.39, 0.29) is 24.1 Å². The van der Waals surface area contributed by atoms with Gasteiger partial charge in [0.25, 0.3) is 0 Å². The molecule has 9 nitrogen and oxygen atoms in total. The number of carbonyl (C=O) groups excluding carboxylic acids is 1. The average molecular weight is 298 g/mol. The molecular weight excluding hydrogens is 280 g/mol. The van der Waals surface area contributed by atoms with Crippen molar-refractivity contribution in [2.75, 3.05) is 26.1 Å². The maximum Gasteiger partial charge on any atom is 0.321 e. The molecule has 0 bridgehead atoms. The van der Waals surface area contributed by atoms with Gasteiger partial charge in [-0.1, -0.05) is 0 Å². The number of nitrogens with one attached hydrogen (secondary N) is 2. The van der Waals surface area contributed by atoms with Gasteiger partial charge in [0, 0.05) is 13.0 Å². The number of aliphatic carboxylic acids is 1. The van der Waals surface area contributed by atoms with Crippen molar-refractivity contribution in [3.63, 3.8) is 0 Å². The Morgan fingerprint density at radius 2 is 1.81 bits per heavy atom. The van der Waals surface area contributed by atoms with Gasteiger partial charge >= 0.3 is 12.0 Å². The van der Waals surface area contributed by atoms with Gasteiger partial charge in [-0.3, -0.25) is 10.1 Å². The molecule has 9 heteroatoms. The molecule has 0 aliphatic rings. The van der Waals surface area contributed by atoms with E-state index in [1.54, 1.807) is 0 Å². The van der Waals surface area contributed by atoms with Crippen LogP contribution in [0.2, 0.25) is 0 Å². The fourth-order valence-electron chi connectivity index (χ4n) is 1.42. The standard InChI is InChI=1S/C12H18N4O5/c1-20-8-7-9(21-2)15-11(14-8)16-12(19)13-6-4-3-5-10(17)18/h7H,3-6H2,1-2H3,(H,17,18)(H2,13,14,15,16,19). The summed E-state index contributed by atoms with van der Waals surface area (Å²) in [6, 6.07) is 0.996. The fourth-order valence-corrected chi connectivity index (χ4v) is 1.42. The van der Waals surface area contributed by atoms with Crippen LogP contribution in [0.25, 0.3) is 0 Å². The van der Waals surface area contributed by atoms with Crippen LogP contribution in [0.15, 0.2) is 6.07 Å². The van der Waals surface area contributed by atoms with Gasteiger partial charge in [0.1, 0.15) is 0 Å². The van der Waals surface area contributed by atoms with E-state index < -0.39 is 12.0 Å². The molecule has 1 heterocycles. The molecule has 3 N–H and O–H groups in total. The van der Waals surface area contributed by atoms with E-state index in [0.29, 0.717) is 19.4 Å². The first-order valence-corrected chi connectivity index (χ1v) is 6.29. The summed E-state index contributed by atoms with van der Waals surface area (Å²) in [5.74, 6) is -0.275. The molecule has 0 atom stereocenters. The summed E-state index contributed by atoms with van der Waals surface area (Å²) in [7, 11) is 2.88. The van der Waals surface area contributed by atoms with Crippen LogP contribution in [0.5, 0.6) is 11.8 Å². The van der Waals surface area contributed by atoms with Crippen molar-refractivity contribution < 1.29 is 24.2 Å². The number of nitrogens with zero attached hydrogens (tertiary/aromatic N) is 2. The van der Waals surface area contributed by atoms with Crippen molar-refractivity contribution in [2.45, 2.75) is 19.3 Å². The van der Waals surface area contributed by atoms with Crippen molar-refractivity contribution in [1.29, 1.82) is 0 Å². The normalized spacial score (nSPS) is 9.81. The van der Waals surface area contributed by atoms with Crippen LogP contribution in [0, 0.1) is 0 Å². The monoisotopic (exact) mass is 298 g/mol. The summed E-state index contributed by atoms with van der Waals surface area (Å²) in [6.45, 7) is 0.361. The lowest BCUT2D eigenvalue weighted by Crippen LogP contribution is -2.30. The zero-order chi connectivity index (χ0) is 15.7. The number of hydrogen-bond acceptors (Lipinski definition) is 6. The first-order chi connectivity index (χ1) is 10.0. The van der Waals surface area contributed by atoms with E-state index in [1.165, 1.54) is 20.3 Å². The van der Waals surface area contributed by atoms with Crippen LogP contribution >= 0.6 is 0 Å². The zero-order valence-electron chi connectivity index (χ0n) is 11.9. The minimum absolute atomic E-state index is 0.0502. The Balaban J connectivity index is 2.42. The molecule has 0 saturated carbocycles. The van der Waals surface area contributed by atoms with Crippen LogP contribution in [0.3, 0.4) is 0 Å². The van der Waals surface area contributed by atoms with Crippen molar-refractivity contribution in [2.24, 2.45) is 0 Å². The van der Waals surface area contributed by atoms with Gasteiger partial charge in [0.05, 0.1) is 20.3 Å². The first-order valence-electron chi connectivity index (χ1n) is 6.29. The second-order valence-corrected chi connectivity index (χ2v) is 4.01. The Kier molecular flexibility index (Phi) is 6.72. The van der Waals surface area contributed by atoms with E-state index in [1.807, 2.05) is 0 Å². The molecule has 0 aliphatic heterocycles. The molecule has 0 unspecified atom stereocenters. The van der Waals surface area contributed by atoms with E-state index in [2.05, 4.69) is 20.6 Å². The summed E-state index contributed by atoms with van der Waals surface area (Å²) < 4.78 is 9.91. The second-order valence-electron chi connectivity index (χ2n) is 4.01. The molecule has 0 spiro atoms. The van der Waals surface area contributed by atoms with Crippen molar-refractivity contribution in [3.8, 4) is 11.8 Å². The second kappa shape index (κ2) is 8.56. The van der Waals surface area contributed by atoms with Gasteiger partial charge in [0.15, 0.2) is 0 Å². The molecule has 1 rings (SSSR count). The number of hydrogen-bond donors (Lipinski definition) is 3. The predicted molar refractivity (Wildman–Crippen MR) is 73.6 cm³/mol. The van der Waals surface area contributed by atoms with E-state index in [0.717, 1.165) is 0 Å². The molecule has 0 saturated heterocycles. The Morgan fingerprint density at radius 1 is 1.19 bits per heavy atom. The number of urea groups is 1. The number of carboxylic acids is 1. The predicted octanol–water partition coefficient (Wildman–Crippen LogP) is 0.870. The highest BCUT2D eigenvalue weighted by atomic mass is 16.5. The summed E-state index contributed by atoms with van der Waals surface area (Å²) in [4.78, 5) is 29.8. The number of unbranched alkanes of at least 4 members (excludes halogenated alkanes) is 1. The van der Waals surface area contributed by atoms with Gasteiger partial charge < -0.3 is 19.9 Å². The fraction of sp³-hybridized carbons (Fsp3) is 0.500. The lowest BCUT2D eigenvalue weighted by Gasteiger charge is -2.08. The number of carbonyl (C=O) groups is 2. The minimum Gasteiger partial charge on any atom is -0.481 e. The van der Waals surface area contributed by atoms with Gasteiger partial charge in [-0.15, -0.1) is 0 Å². The third-order valence-electron chi connectivity index (χ3n) is 2.43. The molecule has 21 heavy (non-hydrogen) atoms. The van der Waals surface area contributed by atoms with Crippen molar-refractivity contribution >= 4 is 17.9 Å². The Bertz CT molecular complexity index is 472. The van der Waals surface area contributed by atoms with Gasteiger partial charge in [-0.05, 0) is 12.8 Å². The molecule has 0 aliphatic carbocycles. The topological polar surface area (TPSA) is 123 Å². The number of aromatic nitrogens is 2. The van der Waals surface area contributed by atoms with Crippen LogP contribution in [0.1, 0.15) is 19.3 Å². The lowest BCUT2D eigenvalue weighted by atomic mass is 10.2. The SMILES string of the molecule is COc1cc(OC)nc(NC(=O)NCCCCC(=O)O)n1. The van der Waals surface area contributed by atoms with Crippen LogP contribution in [0.4, 0.5) is 10.7 Å². The molecule has 0 fully saturated rings. The van der Waals surface area contributed by atoms with E-state index >= 15 is 0 Å². The highest BCUT2D eigenvalue weighted by Gasteiger charge is 2.08. The number of anilines is 1. The minimum atomic E-state index is -0.851. The van der Waals surface area contributed by atoms with E-state index in [9.17, 15) is 9.59 Å². The summed E-state index contributed by atoms with van der Waals surface area (Å²) >= 11 is 0. The number of amides is 2. The smallest absolute Gasteiger partial charge is 0.321 e. The Morgan fingerprint density at radius 3 is 2.33 bits per heavy atom. The third kappa shape index (κ3) is 6.41. The molecule has 116 valence electrons. The third-order valence-corrected chi connectivity index (χ3v) is 2.43. The molecule has 1 aromatic rings. The largest absolute Gasteiger partial charge is 0.481 e. The van der Waals surface area contributed by atoms with Crippen molar-refractivity contribution in [1.82, 2.24) is 15.3 Å². The maximum atomic E-state index is 11.6.